The first-order valence-corrected chi connectivity index (χ1v) is 10.2. The van der Waals surface area contributed by atoms with Gasteiger partial charge in [0.1, 0.15) is 4.83 Å². The van der Waals surface area contributed by atoms with Crippen molar-refractivity contribution in [3.05, 3.63) is 57.2 Å². The van der Waals surface area contributed by atoms with Crippen molar-refractivity contribution in [2.24, 2.45) is 7.05 Å². The minimum atomic E-state index is -0.426. The molecule has 2 aromatic heterocycles. The number of carbonyl (C=O) groups excluding carboxylic acids is 2. The van der Waals surface area contributed by atoms with Crippen molar-refractivity contribution in [1.82, 2.24) is 14.9 Å². The molecule has 0 aliphatic rings. The summed E-state index contributed by atoms with van der Waals surface area (Å²) in [7, 11) is 2.98. The molecule has 0 saturated heterocycles. The standard InChI is InChI=1S/C19H19N3O4S2/c1-11(28-19-21-16-14(8-9-27-16)17(24)22(19)2)15(23)20-10-12-4-6-13(7-5-12)18(25)26-3/h4-9,11H,10H2,1-3H3,(H,20,23). The lowest BCUT2D eigenvalue weighted by Crippen LogP contribution is -2.31. The smallest absolute Gasteiger partial charge is 0.337 e. The van der Waals surface area contributed by atoms with Gasteiger partial charge in [-0.15, -0.1) is 11.3 Å². The summed E-state index contributed by atoms with van der Waals surface area (Å²) < 4.78 is 6.13. The average Bonchev–Trinajstić information content (AvgIpc) is 3.18. The molecule has 0 bridgehead atoms. The fourth-order valence-corrected chi connectivity index (χ4v) is 4.21. The third-order valence-corrected chi connectivity index (χ3v) is 6.11. The first-order chi connectivity index (χ1) is 13.4. The van der Waals surface area contributed by atoms with E-state index in [1.54, 1.807) is 44.3 Å². The molecular formula is C19H19N3O4S2. The van der Waals surface area contributed by atoms with Gasteiger partial charge >= 0.3 is 5.97 Å². The van der Waals surface area contributed by atoms with Crippen LogP contribution in [-0.4, -0.2) is 33.8 Å². The van der Waals surface area contributed by atoms with Gasteiger partial charge in [-0.05, 0) is 36.1 Å². The van der Waals surface area contributed by atoms with E-state index in [1.807, 2.05) is 5.38 Å². The lowest BCUT2D eigenvalue weighted by Gasteiger charge is -2.13. The quantitative estimate of drug-likeness (QED) is 0.377. The highest BCUT2D eigenvalue weighted by atomic mass is 32.2. The molecule has 1 atom stereocenters. The maximum absolute atomic E-state index is 12.4. The molecule has 3 rings (SSSR count). The number of benzene rings is 1. The zero-order chi connectivity index (χ0) is 20.3. The number of hydrogen-bond donors (Lipinski definition) is 1. The van der Waals surface area contributed by atoms with Crippen LogP contribution >= 0.6 is 23.1 Å². The Balaban J connectivity index is 1.63. The molecule has 3 aromatic rings. The van der Waals surface area contributed by atoms with E-state index in [2.05, 4.69) is 15.0 Å². The molecule has 0 saturated carbocycles. The summed E-state index contributed by atoms with van der Waals surface area (Å²) in [5, 5.41) is 5.35. The van der Waals surface area contributed by atoms with Gasteiger partial charge in [-0.3, -0.25) is 14.2 Å². The summed E-state index contributed by atoms with van der Waals surface area (Å²) in [5.74, 6) is -0.566. The van der Waals surface area contributed by atoms with Gasteiger partial charge in [0.25, 0.3) is 5.56 Å². The van der Waals surface area contributed by atoms with Crippen LogP contribution in [0.3, 0.4) is 0 Å². The first-order valence-electron chi connectivity index (χ1n) is 8.46. The summed E-state index contributed by atoms with van der Waals surface area (Å²) in [6, 6.07) is 8.59. The molecule has 1 aromatic carbocycles. The highest BCUT2D eigenvalue weighted by Crippen LogP contribution is 2.24. The fourth-order valence-electron chi connectivity index (χ4n) is 2.51. The van der Waals surface area contributed by atoms with Crippen LogP contribution in [0.25, 0.3) is 10.2 Å². The van der Waals surface area contributed by atoms with Gasteiger partial charge in [-0.2, -0.15) is 0 Å². The van der Waals surface area contributed by atoms with Crippen molar-refractivity contribution in [1.29, 1.82) is 0 Å². The van der Waals surface area contributed by atoms with E-state index in [-0.39, 0.29) is 11.5 Å². The van der Waals surface area contributed by atoms with E-state index in [9.17, 15) is 14.4 Å². The summed E-state index contributed by atoms with van der Waals surface area (Å²) in [5.41, 5.74) is 1.20. The van der Waals surface area contributed by atoms with Crippen LogP contribution < -0.4 is 10.9 Å². The van der Waals surface area contributed by atoms with Crippen LogP contribution in [0.1, 0.15) is 22.8 Å². The molecule has 1 N–H and O–H groups in total. The summed E-state index contributed by atoms with van der Waals surface area (Å²) >= 11 is 2.64. The van der Waals surface area contributed by atoms with E-state index in [0.717, 1.165) is 5.56 Å². The van der Waals surface area contributed by atoms with Crippen LogP contribution in [0.2, 0.25) is 0 Å². The second-order valence-corrected chi connectivity index (χ2v) is 8.27. The van der Waals surface area contributed by atoms with Gasteiger partial charge in [0.15, 0.2) is 5.16 Å². The number of fused-ring (bicyclic) bond motifs is 1. The highest BCUT2D eigenvalue weighted by Gasteiger charge is 2.18. The molecule has 146 valence electrons. The van der Waals surface area contributed by atoms with Crippen LogP contribution in [0, 0.1) is 0 Å². The number of esters is 1. The molecule has 1 unspecified atom stereocenters. The third-order valence-electron chi connectivity index (χ3n) is 4.16. The van der Waals surface area contributed by atoms with Crippen LogP contribution in [0.5, 0.6) is 0 Å². The summed E-state index contributed by atoms with van der Waals surface area (Å²) in [4.78, 5) is 41.4. The molecule has 7 nitrogen and oxygen atoms in total. The zero-order valence-corrected chi connectivity index (χ0v) is 17.2. The summed E-state index contributed by atoms with van der Waals surface area (Å²) in [6.07, 6.45) is 0. The Morgan fingerprint density at radius 2 is 2.00 bits per heavy atom. The maximum atomic E-state index is 12.4. The third kappa shape index (κ3) is 4.26. The Hall–Kier alpha value is -2.65. The maximum Gasteiger partial charge on any atom is 0.337 e. The Morgan fingerprint density at radius 3 is 2.68 bits per heavy atom. The van der Waals surface area contributed by atoms with Crippen molar-refractivity contribution in [2.45, 2.75) is 23.9 Å². The Labute approximate surface area is 169 Å². The predicted molar refractivity (Wildman–Crippen MR) is 110 cm³/mol. The van der Waals surface area contributed by atoms with Gasteiger partial charge in [0.2, 0.25) is 5.91 Å². The van der Waals surface area contributed by atoms with Gasteiger partial charge in [-0.25, -0.2) is 9.78 Å². The van der Waals surface area contributed by atoms with Crippen molar-refractivity contribution >= 4 is 45.2 Å². The van der Waals surface area contributed by atoms with Crippen LogP contribution in [-0.2, 0) is 23.1 Å². The monoisotopic (exact) mass is 417 g/mol. The van der Waals surface area contributed by atoms with Gasteiger partial charge in [0.05, 0.1) is 23.3 Å². The number of aromatic nitrogens is 2. The number of rotatable bonds is 6. The normalized spacial score (nSPS) is 12.0. The fraction of sp³-hybridized carbons (Fsp3) is 0.263. The molecule has 1 amide bonds. The Bertz CT molecular complexity index is 1070. The predicted octanol–water partition coefficient (Wildman–Crippen LogP) is 2.58. The SMILES string of the molecule is COC(=O)c1ccc(CNC(=O)C(C)Sc2nc3sccc3c(=O)n2C)cc1. The van der Waals surface area contributed by atoms with Crippen molar-refractivity contribution in [3.63, 3.8) is 0 Å². The number of thiophene rings is 1. The number of nitrogens with one attached hydrogen (secondary N) is 1. The molecule has 0 aliphatic heterocycles. The number of hydrogen-bond acceptors (Lipinski definition) is 7. The van der Waals surface area contributed by atoms with Gasteiger partial charge in [-0.1, -0.05) is 23.9 Å². The van der Waals surface area contributed by atoms with E-state index in [0.29, 0.717) is 27.5 Å². The van der Waals surface area contributed by atoms with Gasteiger partial charge in [0, 0.05) is 13.6 Å². The number of methoxy groups -OCH3 is 1. The Morgan fingerprint density at radius 1 is 1.29 bits per heavy atom. The number of ether oxygens (including phenoxy) is 1. The van der Waals surface area contributed by atoms with Crippen LogP contribution in [0.15, 0.2) is 45.7 Å². The van der Waals surface area contributed by atoms with E-state index in [4.69, 9.17) is 0 Å². The minimum absolute atomic E-state index is 0.118. The first kappa shape index (κ1) is 20.1. The lowest BCUT2D eigenvalue weighted by molar-refractivity contribution is -0.120. The zero-order valence-electron chi connectivity index (χ0n) is 15.6. The van der Waals surface area contributed by atoms with Crippen molar-refractivity contribution < 1.29 is 14.3 Å². The van der Waals surface area contributed by atoms with Gasteiger partial charge < -0.3 is 10.1 Å². The lowest BCUT2D eigenvalue weighted by atomic mass is 10.1. The molecule has 28 heavy (non-hydrogen) atoms. The molecule has 0 fully saturated rings. The number of nitrogens with zero attached hydrogens (tertiary/aromatic N) is 2. The average molecular weight is 418 g/mol. The molecule has 0 aliphatic carbocycles. The molecule has 9 heteroatoms. The number of amides is 1. The molecule has 2 heterocycles. The van der Waals surface area contributed by atoms with E-state index < -0.39 is 11.2 Å². The van der Waals surface area contributed by atoms with Crippen LogP contribution in [0.4, 0.5) is 0 Å². The Kier molecular flexibility index (Phi) is 6.15. The van der Waals surface area contributed by atoms with E-state index >= 15 is 0 Å². The van der Waals surface area contributed by atoms with Crippen molar-refractivity contribution in [2.75, 3.05) is 7.11 Å². The second-order valence-electron chi connectivity index (χ2n) is 6.06. The highest BCUT2D eigenvalue weighted by molar-refractivity contribution is 8.00. The minimum Gasteiger partial charge on any atom is -0.465 e. The summed E-state index contributed by atoms with van der Waals surface area (Å²) in [6.45, 7) is 2.10. The molecule has 0 radical (unpaired) electrons. The van der Waals surface area contributed by atoms with Crippen molar-refractivity contribution in [3.8, 4) is 0 Å². The largest absolute Gasteiger partial charge is 0.465 e. The number of thioether (sulfide) groups is 1. The molecule has 0 spiro atoms. The number of carbonyl (C=O) groups is 2. The molecular weight excluding hydrogens is 398 g/mol. The topological polar surface area (TPSA) is 90.3 Å². The van der Waals surface area contributed by atoms with E-state index in [1.165, 1.54) is 34.8 Å². The second kappa shape index (κ2) is 8.57.